The predicted molar refractivity (Wildman–Crippen MR) is 81.5 cm³/mol. The maximum atomic E-state index is 6.01. The summed E-state index contributed by atoms with van der Waals surface area (Å²) in [4.78, 5) is 4.77. The Hall–Kier alpha value is -1.30. The molecule has 1 aromatic carbocycles. The van der Waals surface area contributed by atoms with E-state index < -0.39 is 0 Å². The molecule has 1 saturated heterocycles. The molecule has 1 unspecified atom stereocenters. The van der Waals surface area contributed by atoms with Crippen LogP contribution in [-0.4, -0.2) is 64.5 Å². The maximum Gasteiger partial charge on any atom is 0.142 e. The molecule has 1 aromatic rings. The van der Waals surface area contributed by atoms with Crippen molar-refractivity contribution in [2.24, 2.45) is 5.73 Å². The van der Waals surface area contributed by atoms with Gasteiger partial charge in [-0.3, -0.25) is 4.90 Å². The van der Waals surface area contributed by atoms with Crippen molar-refractivity contribution >= 4 is 5.69 Å². The van der Waals surface area contributed by atoms with E-state index in [4.69, 9.17) is 15.2 Å². The molecule has 1 aliphatic heterocycles. The zero-order chi connectivity index (χ0) is 14.4. The molecule has 0 amide bonds. The number of hydrogen-bond acceptors (Lipinski definition) is 5. The molecule has 0 bridgehead atoms. The Labute approximate surface area is 121 Å². The Morgan fingerprint density at radius 3 is 2.50 bits per heavy atom. The normalized spacial score (nSPS) is 18.1. The van der Waals surface area contributed by atoms with Gasteiger partial charge in [0.2, 0.25) is 0 Å². The van der Waals surface area contributed by atoms with Crippen molar-refractivity contribution in [3.05, 3.63) is 24.3 Å². The Bertz CT molecular complexity index is 406. The standard InChI is InChI=1S/C15H25N3O2/c1-19-12-13(16)11-17-7-9-18(10-8-17)14-5-3-4-6-15(14)20-2/h3-6,13H,7-12,16H2,1-2H3. The van der Waals surface area contributed by atoms with E-state index in [1.807, 2.05) is 12.1 Å². The highest BCUT2D eigenvalue weighted by Crippen LogP contribution is 2.28. The number of hydrogen-bond donors (Lipinski definition) is 1. The van der Waals surface area contributed by atoms with Gasteiger partial charge in [0, 0.05) is 45.9 Å². The second-order valence-electron chi connectivity index (χ2n) is 5.17. The fraction of sp³-hybridized carbons (Fsp3) is 0.600. The van der Waals surface area contributed by atoms with Gasteiger partial charge in [-0.2, -0.15) is 0 Å². The molecule has 2 N–H and O–H groups in total. The summed E-state index contributed by atoms with van der Waals surface area (Å²) < 4.78 is 10.5. The summed E-state index contributed by atoms with van der Waals surface area (Å²) in [6, 6.07) is 8.28. The lowest BCUT2D eigenvalue weighted by molar-refractivity contribution is 0.150. The van der Waals surface area contributed by atoms with Crippen LogP contribution in [0.5, 0.6) is 5.75 Å². The highest BCUT2D eigenvalue weighted by atomic mass is 16.5. The van der Waals surface area contributed by atoms with E-state index in [9.17, 15) is 0 Å². The number of ether oxygens (including phenoxy) is 2. The number of rotatable bonds is 6. The van der Waals surface area contributed by atoms with E-state index in [2.05, 4.69) is 21.9 Å². The molecule has 1 aliphatic rings. The molecule has 20 heavy (non-hydrogen) atoms. The lowest BCUT2D eigenvalue weighted by Gasteiger charge is -2.37. The summed E-state index contributed by atoms with van der Waals surface area (Å²) in [5.41, 5.74) is 7.18. The largest absolute Gasteiger partial charge is 0.495 e. The van der Waals surface area contributed by atoms with Crippen LogP contribution in [0.2, 0.25) is 0 Å². The lowest BCUT2D eigenvalue weighted by atomic mass is 10.2. The molecule has 0 spiro atoms. The van der Waals surface area contributed by atoms with Crippen LogP contribution in [0.3, 0.4) is 0 Å². The zero-order valence-corrected chi connectivity index (χ0v) is 12.4. The number of methoxy groups -OCH3 is 2. The number of piperazine rings is 1. The minimum Gasteiger partial charge on any atom is -0.495 e. The SMILES string of the molecule is COCC(N)CN1CCN(c2ccccc2OC)CC1. The second kappa shape index (κ2) is 7.47. The summed E-state index contributed by atoms with van der Waals surface area (Å²) >= 11 is 0. The van der Waals surface area contributed by atoms with Gasteiger partial charge in [0.25, 0.3) is 0 Å². The minimum atomic E-state index is 0.0952. The molecular formula is C15H25N3O2. The van der Waals surface area contributed by atoms with Crippen LogP contribution < -0.4 is 15.4 Å². The Morgan fingerprint density at radius 2 is 1.85 bits per heavy atom. The van der Waals surface area contributed by atoms with Gasteiger partial charge in [0.1, 0.15) is 5.75 Å². The van der Waals surface area contributed by atoms with Crippen molar-refractivity contribution in [3.63, 3.8) is 0 Å². The van der Waals surface area contributed by atoms with E-state index in [1.54, 1.807) is 14.2 Å². The highest BCUT2D eigenvalue weighted by molar-refractivity contribution is 5.58. The van der Waals surface area contributed by atoms with Gasteiger partial charge in [-0.15, -0.1) is 0 Å². The molecule has 1 atom stereocenters. The summed E-state index contributed by atoms with van der Waals surface area (Å²) in [5.74, 6) is 0.942. The van der Waals surface area contributed by atoms with Gasteiger partial charge in [-0.1, -0.05) is 12.1 Å². The Kier molecular flexibility index (Phi) is 5.64. The van der Waals surface area contributed by atoms with Crippen LogP contribution in [0.25, 0.3) is 0 Å². The Balaban J connectivity index is 1.88. The fourth-order valence-corrected chi connectivity index (χ4v) is 2.66. The summed E-state index contributed by atoms with van der Waals surface area (Å²) in [6.45, 7) is 5.56. The monoisotopic (exact) mass is 279 g/mol. The number of anilines is 1. The van der Waals surface area contributed by atoms with Gasteiger partial charge in [0.15, 0.2) is 0 Å². The van der Waals surface area contributed by atoms with Crippen molar-refractivity contribution in [1.29, 1.82) is 0 Å². The molecule has 2 rings (SSSR count). The summed E-state index contributed by atoms with van der Waals surface area (Å²) in [5, 5.41) is 0. The molecule has 0 radical (unpaired) electrons. The van der Waals surface area contributed by atoms with Crippen LogP contribution in [-0.2, 0) is 4.74 Å². The summed E-state index contributed by atoms with van der Waals surface area (Å²) in [6.07, 6.45) is 0. The van der Waals surface area contributed by atoms with E-state index in [0.717, 1.165) is 38.5 Å². The van der Waals surface area contributed by atoms with Crippen LogP contribution in [0, 0.1) is 0 Å². The van der Waals surface area contributed by atoms with Gasteiger partial charge in [-0.05, 0) is 12.1 Å². The number of para-hydroxylation sites is 2. The first kappa shape index (κ1) is 15.1. The highest BCUT2D eigenvalue weighted by Gasteiger charge is 2.20. The predicted octanol–water partition coefficient (Wildman–Crippen LogP) is 0.791. The van der Waals surface area contributed by atoms with Crippen LogP contribution in [0.1, 0.15) is 0 Å². The van der Waals surface area contributed by atoms with Crippen molar-refractivity contribution in [1.82, 2.24) is 4.90 Å². The smallest absolute Gasteiger partial charge is 0.142 e. The van der Waals surface area contributed by atoms with E-state index >= 15 is 0 Å². The van der Waals surface area contributed by atoms with Crippen LogP contribution in [0.4, 0.5) is 5.69 Å². The third kappa shape index (κ3) is 3.85. The molecule has 5 nitrogen and oxygen atoms in total. The van der Waals surface area contributed by atoms with Crippen LogP contribution >= 0.6 is 0 Å². The molecule has 1 heterocycles. The van der Waals surface area contributed by atoms with Crippen molar-refractivity contribution < 1.29 is 9.47 Å². The Morgan fingerprint density at radius 1 is 1.15 bits per heavy atom. The van der Waals surface area contributed by atoms with E-state index in [1.165, 1.54) is 5.69 Å². The second-order valence-corrected chi connectivity index (χ2v) is 5.17. The van der Waals surface area contributed by atoms with E-state index in [-0.39, 0.29) is 6.04 Å². The number of benzene rings is 1. The van der Waals surface area contributed by atoms with Crippen molar-refractivity contribution in [3.8, 4) is 5.75 Å². The summed E-state index contributed by atoms with van der Waals surface area (Å²) in [7, 11) is 3.42. The third-order valence-corrected chi connectivity index (χ3v) is 3.67. The first-order valence-electron chi connectivity index (χ1n) is 7.09. The van der Waals surface area contributed by atoms with Crippen molar-refractivity contribution in [2.45, 2.75) is 6.04 Å². The molecule has 0 saturated carbocycles. The zero-order valence-electron chi connectivity index (χ0n) is 12.4. The average Bonchev–Trinajstić information content (AvgIpc) is 2.48. The first-order valence-corrected chi connectivity index (χ1v) is 7.09. The van der Waals surface area contributed by atoms with Crippen LogP contribution in [0.15, 0.2) is 24.3 Å². The average molecular weight is 279 g/mol. The fourth-order valence-electron chi connectivity index (χ4n) is 2.66. The topological polar surface area (TPSA) is 51.0 Å². The number of nitrogens with two attached hydrogens (primary N) is 1. The van der Waals surface area contributed by atoms with E-state index in [0.29, 0.717) is 6.61 Å². The third-order valence-electron chi connectivity index (χ3n) is 3.67. The van der Waals surface area contributed by atoms with Crippen molar-refractivity contribution in [2.75, 3.05) is 58.5 Å². The first-order chi connectivity index (χ1) is 9.74. The molecule has 112 valence electrons. The molecule has 5 heteroatoms. The van der Waals surface area contributed by atoms with Gasteiger partial charge >= 0.3 is 0 Å². The molecule has 0 aliphatic carbocycles. The van der Waals surface area contributed by atoms with Gasteiger partial charge < -0.3 is 20.1 Å². The number of nitrogens with zero attached hydrogens (tertiary/aromatic N) is 2. The molecule has 0 aromatic heterocycles. The quantitative estimate of drug-likeness (QED) is 0.834. The molecular weight excluding hydrogens is 254 g/mol. The minimum absolute atomic E-state index is 0.0952. The van der Waals surface area contributed by atoms with Gasteiger partial charge in [-0.25, -0.2) is 0 Å². The molecule has 1 fully saturated rings. The van der Waals surface area contributed by atoms with Gasteiger partial charge in [0.05, 0.1) is 19.4 Å². The maximum absolute atomic E-state index is 6.01. The lowest BCUT2D eigenvalue weighted by Crippen LogP contribution is -2.50.